The summed E-state index contributed by atoms with van der Waals surface area (Å²) in [6.07, 6.45) is 3.15. The number of aryl methyl sites for hydroxylation is 1. The molecule has 4 aromatic rings. The largest absolute Gasteiger partial charge is 0.344 e. The molecule has 3 aromatic heterocycles. The van der Waals surface area contributed by atoms with E-state index in [1.165, 1.54) is 6.20 Å². The van der Waals surface area contributed by atoms with Crippen LogP contribution in [-0.2, 0) is 11.8 Å². The van der Waals surface area contributed by atoms with Crippen LogP contribution in [0.25, 0.3) is 33.5 Å². The fourth-order valence-electron chi connectivity index (χ4n) is 3.90. The number of fused-ring (bicyclic) bond motifs is 2. The minimum Gasteiger partial charge on any atom is -0.344 e. The number of aromatic amines is 1. The molecule has 1 atom stereocenters. The molecule has 1 saturated heterocycles. The number of hydrogen-bond acceptors (Lipinski definition) is 6. The van der Waals surface area contributed by atoms with Gasteiger partial charge in [-0.15, -0.1) is 0 Å². The first-order chi connectivity index (χ1) is 15.3. The number of carbonyl (C=O) groups is 2. The van der Waals surface area contributed by atoms with Gasteiger partial charge in [-0.25, -0.2) is 9.97 Å². The van der Waals surface area contributed by atoms with E-state index in [1.807, 2.05) is 19.2 Å². The summed E-state index contributed by atoms with van der Waals surface area (Å²) in [5, 5.41) is 8.80. The summed E-state index contributed by atoms with van der Waals surface area (Å²) in [5.74, 6) is -0.573. The number of likely N-dealkylation sites (tertiary alicyclic amines) is 1. The molecule has 1 aliphatic heterocycles. The average Bonchev–Trinajstić information content (AvgIpc) is 3.31. The highest BCUT2D eigenvalue weighted by Crippen LogP contribution is 2.29. The van der Waals surface area contributed by atoms with Gasteiger partial charge in [0.1, 0.15) is 22.9 Å². The Bertz CT molecular complexity index is 1370. The molecule has 4 N–H and O–H groups in total. The Morgan fingerprint density at radius 1 is 1.34 bits per heavy atom. The van der Waals surface area contributed by atoms with Crippen LogP contribution in [0.4, 0.5) is 0 Å². The van der Waals surface area contributed by atoms with Gasteiger partial charge in [0.2, 0.25) is 5.91 Å². The Balaban J connectivity index is 1.46. The minimum atomic E-state index is -0.680. The molecule has 0 spiro atoms. The number of H-pyrrole nitrogens is 1. The van der Waals surface area contributed by atoms with Crippen molar-refractivity contribution < 1.29 is 9.59 Å². The lowest BCUT2D eigenvalue weighted by atomic mass is 10.1. The van der Waals surface area contributed by atoms with Crippen LogP contribution in [0.5, 0.6) is 0 Å². The number of nitrogens with zero attached hydrogens (tertiary/aromatic N) is 5. The molecular weight excluding hydrogens is 432 g/mol. The molecule has 1 aromatic carbocycles. The second-order valence-corrected chi connectivity index (χ2v) is 8.42. The predicted octanol–water partition coefficient (Wildman–Crippen LogP) is 1.45. The van der Waals surface area contributed by atoms with Crippen molar-refractivity contribution in [1.29, 1.82) is 0 Å². The van der Waals surface area contributed by atoms with Crippen molar-refractivity contribution >= 4 is 45.5 Å². The van der Waals surface area contributed by atoms with E-state index >= 15 is 0 Å². The fourth-order valence-corrected chi connectivity index (χ4v) is 4.07. The van der Waals surface area contributed by atoms with Crippen LogP contribution in [0.15, 0.2) is 30.6 Å². The minimum absolute atomic E-state index is 0.00265. The Labute approximate surface area is 187 Å². The highest BCUT2D eigenvalue weighted by atomic mass is 35.5. The van der Waals surface area contributed by atoms with E-state index in [0.29, 0.717) is 46.2 Å². The molecule has 1 aliphatic rings. The molecule has 0 unspecified atom stereocenters. The Kier molecular flexibility index (Phi) is 4.83. The molecule has 164 valence electrons. The fraction of sp³-hybridized carbons (Fsp3) is 0.286. The van der Waals surface area contributed by atoms with E-state index in [2.05, 4.69) is 25.4 Å². The smallest absolute Gasteiger partial charge is 0.255 e. The summed E-state index contributed by atoms with van der Waals surface area (Å²) >= 11 is 6.12. The van der Waals surface area contributed by atoms with Crippen LogP contribution in [0.1, 0.15) is 17.3 Å². The van der Waals surface area contributed by atoms with Crippen molar-refractivity contribution in [2.24, 2.45) is 12.8 Å². The maximum Gasteiger partial charge on any atom is 0.255 e. The number of amides is 2. The highest BCUT2D eigenvalue weighted by Gasteiger charge is 2.31. The maximum atomic E-state index is 12.9. The molecule has 32 heavy (non-hydrogen) atoms. The lowest BCUT2D eigenvalue weighted by molar-refractivity contribution is -0.137. The lowest BCUT2D eigenvalue weighted by Gasteiger charge is -2.38. The number of rotatable bonds is 4. The molecule has 10 nitrogen and oxygen atoms in total. The summed E-state index contributed by atoms with van der Waals surface area (Å²) in [6.45, 7) is 2.66. The number of benzene rings is 1. The van der Waals surface area contributed by atoms with Crippen LogP contribution in [-0.4, -0.2) is 66.6 Å². The molecule has 0 bridgehead atoms. The number of nitrogens with two attached hydrogens (primary N) is 1. The van der Waals surface area contributed by atoms with E-state index in [0.717, 1.165) is 10.9 Å². The molecule has 0 radical (unpaired) electrons. The van der Waals surface area contributed by atoms with Crippen molar-refractivity contribution in [2.45, 2.75) is 19.0 Å². The topological polar surface area (TPSA) is 135 Å². The summed E-state index contributed by atoms with van der Waals surface area (Å²) < 4.78 is 1.72. The van der Waals surface area contributed by atoms with Gasteiger partial charge in [0, 0.05) is 42.8 Å². The van der Waals surface area contributed by atoms with Gasteiger partial charge in [-0.2, -0.15) is 5.10 Å². The molecule has 11 heteroatoms. The molecule has 5 rings (SSSR count). The molecule has 2 amide bonds. The molecule has 0 saturated carbocycles. The third-order valence-electron chi connectivity index (χ3n) is 5.62. The average molecular weight is 453 g/mol. The van der Waals surface area contributed by atoms with E-state index < -0.39 is 11.9 Å². The third-order valence-corrected chi connectivity index (χ3v) is 5.86. The second kappa shape index (κ2) is 7.57. The normalized spacial score (nSPS) is 15.2. The Morgan fingerprint density at radius 3 is 2.88 bits per heavy atom. The highest BCUT2D eigenvalue weighted by molar-refractivity contribution is 6.31. The van der Waals surface area contributed by atoms with Gasteiger partial charge in [0.25, 0.3) is 5.91 Å². The first kappa shape index (κ1) is 20.4. The lowest BCUT2D eigenvalue weighted by Crippen LogP contribution is -2.61. The van der Waals surface area contributed by atoms with Crippen molar-refractivity contribution in [3.8, 4) is 11.4 Å². The quantitative estimate of drug-likeness (QED) is 0.429. The summed E-state index contributed by atoms with van der Waals surface area (Å²) in [6, 6.07) is 4.83. The van der Waals surface area contributed by atoms with Gasteiger partial charge in [0.05, 0.1) is 17.3 Å². The second-order valence-electron chi connectivity index (χ2n) is 7.99. The molecular formula is C21H21ClN8O2. The van der Waals surface area contributed by atoms with Gasteiger partial charge in [-0.1, -0.05) is 11.6 Å². The molecule has 4 heterocycles. The van der Waals surface area contributed by atoms with Crippen LogP contribution < -0.4 is 11.1 Å². The van der Waals surface area contributed by atoms with Gasteiger partial charge in [-0.05, 0) is 25.1 Å². The van der Waals surface area contributed by atoms with Gasteiger partial charge in [0.15, 0.2) is 5.65 Å². The van der Waals surface area contributed by atoms with Crippen molar-refractivity contribution in [2.75, 3.05) is 13.1 Å². The molecule has 1 fully saturated rings. The standard InChI is InChI=1S/C21H21ClN8O2/c1-10(21(32)30-8-12(23)9-30)26-20(31)14-6-24-19-18(14)27-15(7-25-19)17-13-4-3-11(22)5-16(13)29(2)28-17/h3-7,10,12H,8-9,23H2,1-2H3,(H,24,25)(H,26,31)/t10-/m1/s1. The zero-order chi connectivity index (χ0) is 22.6. The van der Waals surface area contributed by atoms with E-state index in [9.17, 15) is 9.59 Å². The summed E-state index contributed by atoms with van der Waals surface area (Å²) in [4.78, 5) is 39.0. The Hall–Kier alpha value is -3.50. The summed E-state index contributed by atoms with van der Waals surface area (Å²) in [7, 11) is 1.83. The van der Waals surface area contributed by atoms with E-state index in [1.54, 1.807) is 28.8 Å². The van der Waals surface area contributed by atoms with Gasteiger partial charge in [-0.3, -0.25) is 14.3 Å². The van der Waals surface area contributed by atoms with Crippen LogP contribution in [0, 0.1) is 0 Å². The predicted molar refractivity (Wildman–Crippen MR) is 120 cm³/mol. The zero-order valence-electron chi connectivity index (χ0n) is 17.5. The summed E-state index contributed by atoms with van der Waals surface area (Å²) in [5.41, 5.74) is 8.94. The van der Waals surface area contributed by atoms with Crippen molar-refractivity contribution in [3.05, 3.63) is 41.2 Å². The van der Waals surface area contributed by atoms with E-state index in [4.69, 9.17) is 17.3 Å². The van der Waals surface area contributed by atoms with Gasteiger partial charge >= 0.3 is 0 Å². The van der Waals surface area contributed by atoms with Gasteiger partial charge < -0.3 is 20.9 Å². The van der Waals surface area contributed by atoms with Crippen LogP contribution in [0.3, 0.4) is 0 Å². The van der Waals surface area contributed by atoms with Crippen molar-refractivity contribution in [1.82, 2.24) is 34.9 Å². The number of halogens is 1. The first-order valence-electron chi connectivity index (χ1n) is 10.1. The number of nitrogens with one attached hydrogen (secondary N) is 2. The monoisotopic (exact) mass is 452 g/mol. The SMILES string of the molecule is C[C@@H](NC(=O)c1c[nH]c2ncc(-c3nn(C)c4cc(Cl)ccc34)nc12)C(=O)N1CC(N)C1. The molecule has 0 aliphatic carbocycles. The van der Waals surface area contributed by atoms with Crippen LogP contribution in [0.2, 0.25) is 5.02 Å². The Morgan fingerprint density at radius 2 is 2.12 bits per heavy atom. The van der Waals surface area contributed by atoms with Crippen LogP contribution >= 0.6 is 11.6 Å². The third kappa shape index (κ3) is 3.37. The van der Waals surface area contributed by atoms with E-state index in [-0.39, 0.29) is 11.9 Å². The number of carbonyl (C=O) groups excluding carboxylic acids is 2. The zero-order valence-corrected chi connectivity index (χ0v) is 18.2. The maximum absolute atomic E-state index is 12.9. The van der Waals surface area contributed by atoms with Crippen molar-refractivity contribution in [3.63, 3.8) is 0 Å². The number of aromatic nitrogens is 5. The first-order valence-corrected chi connectivity index (χ1v) is 10.5. The number of hydrogen-bond donors (Lipinski definition) is 3.